The maximum absolute atomic E-state index is 11.0. The zero-order valence-electron chi connectivity index (χ0n) is 11.4. The van der Waals surface area contributed by atoms with Gasteiger partial charge in [0.15, 0.2) is 0 Å². The highest BCUT2D eigenvalue weighted by atomic mass is 16.5. The van der Waals surface area contributed by atoms with Crippen LogP contribution in [0.3, 0.4) is 0 Å². The smallest absolute Gasteiger partial charge is 0.323 e. The summed E-state index contributed by atoms with van der Waals surface area (Å²) in [5.41, 5.74) is 4.64. The van der Waals surface area contributed by atoms with Gasteiger partial charge in [0, 0.05) is 0 Å². The molecule has 19 heavy (non-hydrogen) atoms. The van der Waals surface area contributed by atoms with Crippen LogP contribution in [0.4, 0.5) is 0 Å². The van der Waals surface area contributed by atoms with Crippen molar-refractivity contribution in [1.82, 2.24) is 0 Å². The Morgan fingerprint density at radius 3 is 2.37 bits per heavy atom. The molecule has 0 saturated carbocycles. The average Bonchev–Trinajstić information content (AvgIpc) is 2.43. The Kier molecular flexibility index (Phi) is 5.63. The molecular weight excluding hydrogens is 246 g/mol. The van der Waals surface area contributed by atoms with Gasteiger partial charge < -0.3 is 20.3 Å². The number of nitrogens with two attached hydrogens (primary N) is 1. The summed E-state index contributed by atoms with van der Waals surface area (Å²) in [7, 11) is 1.60. The Hall–Kier alpha value is -1.75. The second-order valence-electron chi connectivity index (χ2n) is 4.44. The number of carboxylic acid groups (broad SMARTS) is 1. The molecule has 0 radical (unpaired) electrons. The summed E-state index contributed by atoms with van der Waals surface area (Å²) in [4.78, 5) is 11.0. The lowest BCUT2D eigenvalue weighted by Crippen LogP contribution is -2.47. The van der Waals surface area contributed by atoms with Gasteiger partial charge in [-0.2, -0.15) is 0 Å². The fraction of sp³-hybridized carbons (Fsp3) is 0.500. The molecule has 5 nitrogen and oxygen atoms in total. The first-order chi connectivity index (χ1) is 9.01. The molecule has 0 amide bonds. The molecule has 0 heterocycles. The van der Waals surface area contributed by atoms with Gasteiger partial charge >= 0.3 is 5.97 Å². The minimum absolute atomic E-state index is 0.398. The minimum Gasteiger partial charge on any atom is -0.497 e. The molecule has 1 rings (SSSR count). The third-order valence-electron chi connectivity index (χ3n) is 3.15. The van der Waals surface area contributed by atoms with Gasteiger partial charge in [-0.05, 0) is 43.5 Å². The number of carbonyl (C=O) groups is 1. The van der Waals surface area contributed by atoms with E-state index in [0.29, 0.717) is 25.9 Å². The molecular formula is C14H21NO4. The summed E-state index contributed by atoms with van der Waals surface area (Å²) in [6.45, 7) is 2.22. The fourth-order valence-corrected chi connectivity index (χ4v) is 1.68. The third-order valence-corrected chi connectivity index (χ3v) is 3.15. The summed E-state index contributed by atoms with van der Waals surface area (Å²) in [5, 5.41) is 9.03. The summed E-state index contributed by atoms with van der Waals surface area (Å²) in [6.07, 6.45) is 1.41. The molecule has 0 saturated heterocycles. The van der Waals surface area contributed by atoms with Crippen LogP contribution < -0.4 is 15.2 Å². The molecule has 1 atom stereocenters. The molecule has 0 spiro atoms. The van der Waals surface area contributed by atoms with E-state index in [1.165, 1.54) is 0 Å². The number of hydrogen-bond acceptors (Lipinski definition) is 4. The van der Waals surface area contributed by atoms with Crippen molar-refractivity contribution in [2.24, 2.45) is 5.73 Å². The molecule has 0 aromatic heterocycles. The normalized spacial score (nSPS) is 13.6. The van der Waals surface area contributed by atoms with E-state index in [1.807, 2.05) is 24.3 Å². The molecule has 0 aliphatic rings. The van der Waals surface area contributed by atoms with E-state index in [2.05, 4.69) is 0 Å². The van der Waals surface area contributed by atoms with Gasteiger partial charge in [-0.1, -0.05) is 6.92 Å². The van der Waals surface area contributed by atoms with Crippen molar-refractivity contribution >= 4 is 5.97 Å². The first kappa shape index (κ1) is 15.3. The number of carboxylic acids is 1. The van der Waals surface area contributed by atoms with Crippen molar-refractivity contribution in [1.29, 1.82) is 0 Å². The monoisotopic (exact) mass is 267 g/mol. The first-order valence-electron chi connectivity index (χ1n) is 6.31. The topological polar surface area (TPSA) is 81.8 Å². The summed E-state index contributed by atoms with van der Waals surface area (Å²) in [6, 6.07) is 7.24. The highest BCUT2D eigenvalue weighted by molar-refractivity contribution is 5.78. The van der Waals surface area contributed by atoms with Gasteiger partial charge in [0.05, 0.1) is 13.7 Å². The highest BCUT2D eigenvalue weighted by Gasteiger charge is 2.30. The molecule has 0 bridgehead atoms. The van der Waals surface area contributed by atoms with Crippen molar-refractivity contribution in [3.05, 3.63) is 24.3 Å². The van der Waals surface area contributed by atoms with Gasteiger partial charge in [-0.25, -0.2) is 0 Å². The van der Waals surface area contributed by atoms with Gasteiger partial charge in [0.1, 0.15) is 17.0 Å². The van der Waals surface area contributed by atoms with Crippen LogP contribution in [-0.2, 0) is 4.79 Å². The molecule has 1 aromatic carbocycles. The van der Waals surface area contributed by atoms with Crippen molar-refractivity contribution in [3.8, 4) is 11.5 Å². The van der Waals surface area contributed by atoms with E-state index in [9.17, 15) is 4.79 Å². The van der Waals surface area contributed by atoms with Gasteiger partial charge in [-0.15, -0.1) is 0 Å². The Morgan fingerprint density at radius 1 is 1.32 bits per heavy atom. The van der Waals surface area contributed by atoms with E-state index in [4.69, 9.17) is 20.3 Å². The zero-order valence-corrected chi connectivity index (χ0v) is 11.4. The van der Waals surface area contributed by atoms with E-state index in [-0.39, 0.29) is 0 Å². The second-order valence-corrected chi connectivity index (χ2v) is 4.44. The van der Waals surface area contributed by atoms with Crippen LogP contribution in [0.25, 0.3) is 0 Å². The molecule has 1 unspecified atom stereocenters. The SMILES string of the molecule is CCC(N)(CCCOc1ccc(OC)cc1)C(=O)O. The van der Waals surface area contributed by atoms with Crippen molar-refractivity contribution in [2.45, 2.75) is 31.7 Å². The lowest BCUT2D eigenvalue weighted by molar-refractivity contribution is -0.143. The maximum atomic E-state index is 11.0. The van der Waals surface area contributed by atoms with Crippen molar-refractivity contribution in [3.63, 3.8) is 0 Å². The van der Waals surface area contributed by atoms with E-state index in [0.717, 1.165) is 11.5 Å². The number of rotatable bonds is 8. The predicted molar refractivity (Wildman–Crippen MR) is 72.6 cm³/mol. The number of hydrogen-bond donors (Lipinski definition) is 2. The van der Waals surface area contributed by atoms with E-state index < -0.39 is 11.5 Å². The molecule has 3 N–H and O–H groups in total. The lowest BCUT2D eigenvalue weighted by Gasteiger charge is -2.22. The van der Waals surface area contributed by atoms with Crippen LogP contribution in [0, 0.1) is 0 Å². The zero-order chi connectivity index (χ0) is 14.3. The Bertz CT molecular complexity index is 404. The highest BCUT2D eigenvalue weighted by Crippen LogP contribution is 2.18. The second kappa shape index (κ2) is 6.99. The van der Waals surface area contributed by atoms with Gasteiger partial charge in [0.2, 0.25) is 0 Å². The Labute approximate surface area is 113 Å². The third kappa shape index (κ3) is 4.44. The lowest BCUT2D eigenvalue weighted by atomic mass is 9.92. The Balaban J connectivity index is 2.35. The summed E-state index contributed by atoms with van der Waals surface area (Å²) < 4.78 is 10.6. The average molecular weight is 267 g/mol. The maximum Gasteiger partial charge on any atom is 0.323 e. The number of ether oxygens (including phenoxy) is 2. The molecule has 106 valence electrons. The van der Waals surface area contributed by atoms with E-state index in [1.54, 1.807) is 14.0 Å². The van der Waals surface area contributed by atoms with Crippen molar-refractivity contribution < 1.29 is 19.4 Å². The van der Waals surface area contributed by atoms with Gasteiger partial charge in [-0.3, -0.25) is 4.79 Å². The van der Waals surface area contributed by atoms with Crippen LogP contribution in [0.2, 0.25) is 0 Å². The molecule has 0 aliphatic heterocycles. The van der Waals surface area contributed by atoms with Crippen LogP contribution in [0.5, 0.6) is 11.5 Å². The number of aliphatic carboxylic acids is 1. The molecule has 1 aromatic rings. The van der Waals surface area contributed by atoms with Crippen LogP contribution in [-0.4, -0.2) is 30.3 Å². The molecule has 0 fully saturated rings. The van der Waals surface area contributed by atoms with Crippen LogP contribution >= 0.6 is 0 Å². The fourth-order valence-electron chi connectivity index (χ4n) is 1.68. The number of benzene rings is 1. The van der Waals surface area contributed by atoms with Crippen molar-refractivity contribution in [2.75, 3.05) is 13.7 Å². The van der Waals surface area contributed by atoms with Crippen LogP contribution in [0.15, 0.2) is 24.3 Å². The quantitative estimate of drug-likeness (QED) is 0.704. The van der Waals surface area contributed by atoms with E-state index >= 15 is 0 Å². The summed E-state index contributed by atoms with van der Waals surface area (Å²) >= 11 is 0. The minimum atomic E-state index is -1.15. The van der Waals surface area contributed by atoms with Gasteiger partial charge in [0.25, 0.3) is 0 Å². The number of methoxy groups -OCH3 is 1. The largest absolute Gasteiger partial charge is 0.497 e. The molecule has 0 aliphatic carbocycles. The molecule has 5 heteroatoms. The summed E-state index contributed by atoms with van der Waals surface area (Å²) in [5.74, 6) is 0.542. The first-order valence-corrected chi connectivity index (χ1v) is 6.31. The standard InChI is InChI=1S/C14H21NO4/c1-3-14(15,13(16)17)9-4-10-19-12-7-5-11(18-2)6-8-12/h5-8H,3-4,9-10,15H2,1-2H3,(H,16,17). The Morgan fingerprint density at radius 2 is 1.89 bits per heavy atom. The predicted octanol–water partition coefficient (Wildman–Crippen LogP) is 2.05. The van der Waals surface area contributed by atoms with Crippen LogP contribution in [0.1, 0.15) is 26.2 Å².